The molecular weight excluding hydrogens is 234 g/mol. The Morgan fingerprint density at radius 3 is 2.53 bits per heavy atom. The van der Waals surface area contributed by atoms with Crippen LogP contribution in [0, 0.1) is 0 Å². The Balaban J connectivity index is 2.32. The summed E-state index contributed by atoms with van der Waals surface area (Å²) in [6, 6.07) is 9.81. The van der Waals surface area contributed by atoms with Crippen molar-refractivity contribution in [1.82, 2.24) is 15.0 Å². The first-order chi connectivity index (χ1) is 8.29. The molecule has 0 radical (unpaired) electrons. The molecule has 0 atom stereocenters. The third kappa shape index (κ3) is 3.24. The summed E-state index contributed by atoms with van der Waals surface area (Å²) in [5, 5.41) is 0.268. The highest BCUT2D eigenvalue weighted by atomic mass is 35.5. The maximum absolute atomic E-state index is 5.92. The standard InChI is InChI=1S/C13H14ClN3/c1-2-3-9-11-15-12(17-13(14)16-11)10-7-5-4-6-8-10/h4-8H,2-3,9H2,1H3. The molecule has 3 nitrogen and oxygen atoms in total. The highest BCUT2D eigenvalue weighted by Crippen LogP contribution is 2.16. The number of nitrogens with zero attached hydrogens (tertiary/aromatic N) is 3. The van der Waals surface area contributed by atoms with Gasteiger partial charge >= 0.3 is 0 Å². The van der Waals surface area contributed by atoms with E-state index >= 15 is 0 Å². The van der Waals surface area contributed by atoms with Crippen LogP contribution in [0.25, 0.3) is 11.4 Å². The van der Waals surface area contributed by atoms with Gasteiger partial charge in [-0.1, -0.05) is 43.7 Å². The molecular formula is C13H14ClN3. The minimum Gasteiger partial charge on any atom is -0.213 e. The van der Waals surface area contributed by atoms with Gasteiger partial charge in [-0.25, -0.2) is 9.97 Å². The van der Waals surface area contributed by atoms with Crippen molar-refractivity contribution in [3.63, 3.8) is 0 Å². The molecule has 0 saturated carbocycles. The van der Waals surface area contributed by atoms with Gasteiger partial charge in [-0.3, -0.25) is 0 Å². The Bertz CT molecular complexity index is 485. The number of aromatic nitrogens is 3. The lowest BCUT2D eigenvalue weighted by Gasteiger charge is -2.03. The molecule has 0 saturated heterocycles. The van der Waals surface area contributed by atoms with E-state index in [-0.39, 0.29) is 5.28 Å². The normalized spacial score (nSPS) is 10.5. The average molecular weight is 248 g/mol. The van der Waals surface area contributed by atoms with Gasteiger partial charge in [0.05, 0.1) is 0 Å². The Labute approximate surface area is 106 Å². The van der Waals surface area contributed by atoms with Crippen molar-refractivity contribution in [2.24, 2.45) is 0 Å². The zero-order valence-corrected chi connectivity index (χ0v) is 10.5. The van der Waals surface area contributed by atoms with Crippen LogP contribution in [0.2, 0.25) is 5.28 Å². The minimum absolute atomic E-state index is 0.268. The quantitative estimate of drug-likeness (QED) is 0.830. The number of hydrogen-bond acceptors (Lipinski definition) is 3. The first-order valence-corrected chi connectivity index (χ1v) is 6.13. The van der Waals surface area contributed by atoms with Crippen molar-refractivity contribution in [3.05, 3.63) is 41.4 Å². The van der Waals surface area contributed by atoms with Gasteiger partial charge in [-0.15, -0.1) is 0 Å². The largest absolute Gasteiger partial charge is 0.226 e. The number of unbranched alkanes of at least 4 members (excludes halogenated alkanes) is 1. The van der Waals surface area contributed by atoms with Crippen LogP contribution in [0.4, 0.5) is 0 Å². The molecule has 1 heterocycles. The third-order valence-corrected chi connectivity index (χ3v) is 2.61. The fraction of sp³-hybridized carbons (Fsp3) is 0.308. The van der Waals surface area contributed by atoms with Crippen LogP contribution in [0.1, 0.15) is 25.6 Å². The molecule has 0 N–H and O–H groups in total. The zero-order valence-electron chi connectivity index (χ0n) is 9.73. The van der Waals surface area contributed by atoms with Crippen molar-refractivity contribution in [2.45, 2.75) is 26.2 Å². The van der Waals surface area contributed by atoms with Crippen LogP contribution in [-0.2, 0) is 6.42 Å². The molecule has 4 heteroatoms. The molecule has 0 spiro atoms. The zero-order chi connectivity index (χ0) is 12.1. The van der Waals surface area contributed by atoms with Gasteiger partial charge in [0.15, 0.2) is 5.82 Å². The lowest BCUT2D eigenvalue weighted by Crippen LogP contribution is -2.00. The number of rotatable bonds is 4. The van der Waals surface area contributed by atoms with Crippen molar-refractivity contribution >= 4 is 11.6 Å². The molecule has 0 fully saturated rings. The fourth-order valence-electron chi connectivity index (χ4n) is 1.55. The summed E-state index contributed by atoms with van der Waals surface area (Å²) in [6.45, 7) is 2.14. The molecule has 0 aliphatic carbocycles. The van der Waals surface area contributed by atoms with E-state index in [1.807, 2.05) is 30.3 Å². The number of benzene rings is 1. The summed E-state index contributed by atoms with van der Waals surface area (Å²) in [4.78, 5) is 12.7. The molecule has 0 aliphatic heterocycles. The second kappa shape index (κ2) is 5.73. The Hall–Kier alpha value is -1.48. The van der Waals surface area contributed by atoms with E-state index in [0.29, 0.717) is 5.82 Å². The van der Waals surface area contributed by atoms with Crippen molar-refractivity contribution < 1.29 is 0 Å². The molecule has 88 valence electrons. The summed E-state index contributed by atoms with van der Waals surface area (Å²) in [7, 11) is 0. The first kappa shape index (κ1) is 12.0. The van der Waals surface area contributed by atoms with E-state index in [9.17, 15) is 0 Å². The van der Waals surface area contributed by atoms with Crippen LogP contribution >= 0.6 is 11.6 Å². The first-order valence-electron chi connectivity index (χ1n) is 5.75. The molecule has 0 unspecified atom stereocenters. The van der Waals surface area contributed by atoms with Crippen molar-refractivity contribution in [3.8, 4) is 11.4 Å². The molecule has 0 aliphatic rings. The summed E-state index contributed by atoms with van der Waals surface area (Å²) in [5.74, 6) is 1.42. The second-order valence-electron chi connectivity index (χ2n) is 3.81. The maximum Gasteiger partial charge on any atom is 0.226 e. The van der Waals surface area contributed by atoms with Gasteiger partial charge in [0.2, 0.25) is 5.28 Å². The van der Waals surface area contributed by atoms with E-state index in [1.54, 1.807) is 0 Å². The maximum atomic E-state index is 5.92. The number of halogens is 1. The van der Waals surface area contributed by atoms with Crippen molar-refractivity contribution in [1.29, 1.82) is 0 Å². The molecule has 2 rings (SSSR count). The van der Waals surface area contributed by atoms with Crippen LogP contribution < -0.4 is 0 Å². The van der Waals surface area contributed by atoms with Gasteiger partial charge in [0.25, 0.3) is 0 Å². The van der Waals surface area contributed by atoms with E-state index in [0.717, 1.165) is 30.7 Å². The summed E-state index contributed by atoms with van der Waals surface area (Å²) >= 11 is 5.92. The van der Waals surface area contributed by atoms with Gasteiger partial charge in [0, 0.05) is 12.0 Å². The molecule has 0 amide bonds. The van der Waals surface area contributed by atoms with E-state index < -0.39 is 0 Å². The second-order valence-corrected chi connectivity index (χ2v) is 4.15. The molecule has 1 aromatic heterocycles. The highest BCUT2D eigenvalue weighted by molar-refractivity contribution is 6.28. The number of hydrogen-bond donors (Lipinski definition) is 0. The minimum atomic E-state index is 0.268. The van der Waals surface area contributed by atoms with Crippen LogP contribution in [0.3, 0.4) is 0 Å². The van der Waals surface area contributed by atoms with Gasteiger partial charge in [-0.2, -0.15) is 4.98 Å². The van der Waals surface area contributed by atoms with E-state index in [2.05, 4.69) is 21.9 Å². The predicted octanol–water partition coefficient (Wildman–Crippen LogP) is 3.53. The molecule has 1 aromatic carbocycles. The van der Waals surface area contributed by atoms with E-state index in [4.69, 9.17) is 11.6 Å². The third-order valence-electron chi connectivity index (χ3n) is 2.44. The van der Waals surface area contributed by atoms with Crippen LogP contribution in [0.15, 0.2) is 30.3 Å². The lowest BCUT2D eigenvalue weighted by atomic mass is 10.2. The number of aryl methyl sites for hydroxylation is 1. The highest BCUT2D eigenvalue weighted by Gasteiger charge is 2.06. The summed E-state index contributed by atoms with van der Waals surface area (Å²) < 4.78 is 0. The summed E-state index contributed by atoms with van der Waals surface area (Å²) in [5.41, 5.74) is 0.967. The predicted molar refractivity (Wildman–Crippen MR) is 68.9 cm³/mol. The Morgan fingerprint density at radius 1 is 1.06 bits per heavy atom. The molecule has 0 bridgehead atoms. The monoisotopic (exact) mass is 247 g/mol. The Kier molecular flexibility index (Phi) is 4.04. The van der Waals surface area contributed by atoms with Crippen LogP contribution in [0.5, 0.6) is 0 Å². The van der Waals surface area contributed by atoms with Crippen molar-refractivity contribution in [2.75, 3.05) is 0 Å². The van der Waals surface area contributed by atoms with E-state index in [1.165, 1.54) is 0 Å². The summed E-state index contributed by atoms with van der Waals surface area (Å²) in [6.07, 6.45) is 3.02. The van der Waals surface area contributed by atoms with Gasteiger partial charge < -0.3 is 0 Å². The lowest BCUT2D eigenvalue weighted by molar-refractivity contribution is 0.746. The molecule has 17 heavy (non-hydrogen) atoms. The van der Waals surface area contributed by atoms with Crippen LogP contribution in [-0.4, -0.2) is 15.0 Å². The Morgan fingerprint density at radius 2 is 1.82 bits per heavy atom. The fourth-order valence-corrected chi connectivity index (χ4v) is 1.73. The van der Waals surface area contributed by atoms with Gasteiger partial charge in [-0.05, 0) is 18.0 Å². The SMILES string of the molecule is CCCCc1nc(Cl)nc(-c2ccccc2)n1. The van der Waals surface area contributed by atoms with Gasteiger partial charge in [0.1, 0.15) is 5.82 Å². The smallest absolute Gasteiger partial charge is 0.213 e. The average Bonchev–Trinajstić information content (AvgIpc) is 2.37. The topological polar surface area (TPSA) is 38.7 Å². The molecule has 2 aromatic rings.